The first kappa shape index (κ1) is 22.3. The van der Waals surface area contributed by atoms with Crippen LogP contribution in [-0.2, 0) is 30.9 Å². The Bertz CT molecular complexity index is 1540. The monoisotopic (exact) mass is 635 g/mol. The molecular weight excluding hydrogens is 611 g/mol. The summed E-state index contributed by atoms with van der Waals surface area (Å²) in [5.41, 5.74) is 5.96. The van der Waals surface area contributed by atoms with Crippen molar-refractivity contribution < 1.29 is 29.6 Å². The van der Waals surface area contributed by atoms with Crippen LogP contribution in [0.2, 0.25) is 0 Å². The summed E-state index contributed by atoms with van der Waals surface area (Å²) in [6, 6.07) is 31.8. The second-order valence-corrected chi connectivity index (χ2v) is 10.0. The Labute approximate surface area is 218 Å². The predicted octanol–water partition coefficient (Wildman–Crippen LogP) is 6.93. The summed E-state index contributed by atoms with van der Waals surface area (Å²) < 4.78 is 11.3. The van der Waals surface area contributed by atoms with E-state index in [1.807, 2.05) is 6.07 Å². The zero-order valence-electron chi connectivity index (χ0n) is 19.6. The molecule has 5 aromatic rings. The van der Waals surface area contributed by atoms with E-state index in [2.05, 4.69) is 98.9 Å². The van der Waals surface area contributed by atoms with Gasteiger partial charge in [-0.25, -0.2) is 0 Å². The molecule has 1 aliphatic heterocycles. The summed E-state index contributed by atoms with van der Waals surface area (Å²) in [4.78, 5) is 5.03. The molecule has 0 amide bonds. The van der Waals surface area contributed by atoms with Crippen LogP contribution in [0.1, 0.15) is 42.5 Å². The Kier molecular flexibility index (Phi) is 5.03. The van der Waals surface area contributed by atoms with E-state index < -0.39 is 0 Å². The van der Waals surface area contributed by atoms with Gasteiger partial charge in [-0.3, -0.25) is 0 Å². The third-order valence-electron chi connectivity index (χ3n) is 7.63. The van der Waals surface area contributed by atoms with Crippen molar-refractivity contribution in [3.8, 4) is 11.5 Å². The SMILES string of the molecule is CC1(C)CC(c2ccccc2)(c2ccccc2)c2c1cnc1c2ccc2cc3c([c-]c21)OCO3.[Ir]. The van der Waals surface area contributed by atoms with Crippen molar-refractivity contribution in [3.63, 3.8) is 0 Å². The summed E-state index contributed by atoms with van der Waals surface area (Å²) in [5, 5.41) is 3.22. The van der Waals surface area contributed by atoms with Crippen LogP contribution in [0.4, 0.5) is 0 Å². The summed E-state index contributed by atoms with van der Waals surface area (Å²) >= 11 is 0. The van der Waals surface area contributed by atoms with Crippen LogP contribution < -0.4 is 9.47 Å². The van der Waals surface area contributed by atoms with Gasteiger partial charge in [0.25, 0.3) is 0 Å². The fraction of sp³-hybridized carbons (Fsp3) is 0.194. The fourth-order valence-electron chi connectivity index (χ4n) is 6.21. The molecule has 4 heteroatoms. The summed E-state index contributed by atoms with van der Waals surface area (Å²) in [6.45, 7) is 4.93. The van der Waals surface area contributed by atoms with Crippen LogP contribution in [0.15, 0.2) is 85.1 Å². The fourth-order valence-corrected chi connectivity index (χ4v) is 6.21. The first-order valence-corrected chi connectivity index (χ1v) is 11.8. The number of benzene rings is 4. The van der Waals surface area contributed by atoms with E-state index in [4.69, 9.17) is 14.5 Å². The summed E-state index contributed by atoms with van der Waals surface area (Å²) in [6.07, 6.45) is 3.08. The van der Waals surface area contributed by atoms with Crippen LogP contribution in [-0.4, -0.2) is 11.8 Å². The molecule has 2 heterocycles. The smallest absolute Gasteiger partial charge is 0.218 e. The minimum atomic E-state index is -0.271. The molecular formula is C31H24IrNO2-. The standard InChI is InChI=1S/C31H24NO2.Ir/c1-30(2)18-31(21-9-5-3-6-10-21,22-11-7-4-8-12-22)28-23-14-13-20-15-26-27(34-19-33-26)16-24(20)29(23)32-17-25(28)30;/h3-15,17H,18-19H2,1-2H3;/q-1;. The normalized spacial score (nSPS) is 16.7. The average molecular weight is 635 g/mol. The molecule has 0 spiro atoms. The Balaban J connectivity index is 0.00000229. The molecule has 1 aromatic heterocycles. The predicted molar refractivity (Wildman–Crippen MR) is 135 cm³/mol. The molecule has 1 aliphatic carbocycles. The number of aromatic nitrogens is 1. The second kappa shape index (κ2) is 7.91. The number of hydrogen-bond acceptors (Lipinski definition) is 3. The van der Waals surface area contributed by atoms with Crippen LogP contribution in [0, 0.1) is 6.07 Å². The number of nitrogens with zero attached hydrogens (tertiary/aromatic N) is 1. The largest absolute Gasteiger partial charge is 0.500 e. The van der Waals surface area contributed by atoms with Crippen LogP contribution in [0.25, 0.3) is 21.7 Å². The molecule has 0 saturated heterocycles. The van der Waals surface area contributed by atoms with Gasteiger partial charge in [0.05, 0.1) is 11.5 Å². The molecule has 0 unspecified atom stereocenters. The van der Waals surface area contributed by atoms with E-state index in [9.17, 15) is 0 Å². The molecule has 175 valence electrons. The van der Waals surface area contributed by atoms with Gasteiger partial charge in [-0.2, -0.15) is 0 Å². The van der Waals surface area contributed by atoms with E-state index in [-0.39, 0.29) is 37.7 Å². The van der Waals surface area contributed by atoms with Gasteiger partial charge < -0.3 is 14.5 Å². The van der Waals surface area contributed by atoms with Gasteiger partial charge in [0.1, 0.15) is 0 Å². The van der Waals surface area contributed by atoms with E-state index in [0.29, 0.717) is 5.75 Å². The van der Waals surface area contributed by atoms with Gasteiger partial charge >= 0.3 is 0 Å². The van der Waals surface area contributed by atoms with Gasteiger partial charge in [-0.1, -0.05) is 98.8 Å². The maximum atomic E-state index is 5.66. The van der Waals surface area contributed by atoms with Crippen molar-refractivity contribution in [2.24, 2.45) is 0 Å². The number of hydrogen-bond donors (Lipinski definition) is 0. The molecule has 35 heavy (non-hydrogen) atoms. The third kappa shape index (κ3) is 3.10. The van der Waals surface area contributed by atoms with Gasteiger partial charge in [-0.15, -0.1) is 10.8 Å². The van der Waals surface area contributed by atoms with E-state index in [1.165, 1.54) is 27.6 Å². The number of ether oxygens (including phenoxy) is 2. The molecule has 0 saturated carbocycles. The van der Waals surface area contributed by atoms with E-state index in [1.54, 1.807) is 0 Å². The minimum absolute atomic E-state index is 0. The van der Waals surface area contributed by atoms with Crippen LogP contribution in [0.5, 0.6) is 11.5 Å². The number of rotatable bonds is 2. The molecule has 1 radical (unpaired) electrons. The topological polar surface area (TPSA) is 31.4 Å². The molecule has 0 N–H and O–H groups in total. The Hall–Kier alpha value is -3.20. The first-order chi connectivity index (χ1) is 16.6. The molecule has 7 rings (SSSR count). The molecule has 0 bridgehead atoms. The zero-order chi connectivity index (χ0) is 22.9. The maximum absolute atomic E-state index is 5.66. The van der Waals surface area contributed by atoms with Gasteiger partial charge in [0, 0.05) is 31.7 Å². The molecule has 0 atom stereocenters. The average Bonchev–Trinajstić information content (AvgIpc) is 3.43. The van der Waals surface area contributed by atoms with Crippen molar-refractivity contribution in [2.45, 2.75) is 31.1 Å². The van der Waals surface area contributed by atoms with Gasteiger partial charge in [0.2, 0.25) is 6.79 Å². The van der Waals surface area contributed by atoms with Crippen molar-refractivity contribution in [1.29, 1.82) is 0 Å². The van der Waals surface area contributed by atoms with Crippen molar-refractivity contribution in [1.82, 2.24) is 4.98 Å². The first-order valence-electron chi connectivity index (χ1n) is 11.8. The third-order valence-corrected chi connectivity index (χ3v) is 7.63. The molecule has 2 aliphatic rings. The molecule has 4 aromatic carbocycles. The quantitative estimate of drug-likeness (QED) is 0.156. The van der Waals surface area contributed by atoms with Crippen LogP contribution in [0.3, 0.4) is 0 Å². The van der Waals surface area contributed by atoms with Crippen molar-refractivity contribution >= 4 is 21.7 Å². The zero-order valence-corrected chi connectivity index (χ0v) is 22.0. The Morgan fingerprint density at radius 3 is 2.23 bits per heavy atom. The second-order valence-electron chi connectivity index (χ2n) is 10.0. The minimum Gasteiger partial charge on any atom is -0.500 e. The van der Waals surface area contributed by atoms with Crippen LogP contribution >= 0.6 is 0 Å². The number of fused-ring (bicyclic) bond motifs is 6. The van der Waals surface area contributed by atoms with Crippen molar-refractivity contribution in [3.05, 3.63) is 113 Å². The summed E-state index contributed by atoms with van der Waals surface area (Å²) in [7, 11) is 0. The Morgan fingerprint density at radius 1 is 0.857 bits per heavy atom. The van der Waals surface area contributed by atoms with Crippen molar-refractivity contribution in [2.75, 3.05) is 6.79 Å². The maximum Gasteiger partial charge on any atom is 0.218 e. The van der Waals surface area contributed by atoms with E-state index >= 15 is 0 Å². The van der Waals surface area contributed by atoms with Gasteiger partial charge in [-0.05, 0) is 45.0 Å². The number of pyridine rings is 1. The summed E-state index contributed by atoms with van der Waals surface area (Å²) in [5.74, 6) is 1.41. The van der Waals surface area contributed by atoms with Gasteiger partial charge in [0.15, 0.2) is 0 Å². The Morgan fingerprint density at radius 2 is 1.54 bits per heavy atom. The van der Waals surface area contributed by atoms with E-state index in [0.717, 1.165) is 28.5 Å². The molecule has 3 nitrogen and oxygen atoms in total. The molecule has 0 fully saturated rings.